The molecule has 0 saturated carbocycles. The van der Waals surface area contributed by atoms with Crippen LogP contribution in [-0.2, 0) is 0 Å². The Labute approximate surface area is 100 Å². The number of nitrogens with two attached hydrogens (primary N) is 2. The number of nitrogens with zero attached hydrogens (tertiary/aromatic N) is 5. The van der Waals surface area contributed by atoms with Gasteiger partial charge in [0.15, 0.2) is 11.5 Å². The highest BCUT2D eigenvalue weighted by Crippen LogP contribution is 2.28. The molecule has 90 valence electrons. The van der Waals surface area contributed by atoms with Crippen LogP contribution in [0.4, 0.5) is 23.0 Å². The highest BCUT2D eigenvalue weighted by atomic mass is 15.3. The average Bonchev–Trinajstić information content (AvgIpc) is 2.94. The molecular weight excluding hydrogens is 234 g/mol. The lowest BCUT2D eigenvalue weighted by Crippen LogP contribution is -1.84. The molecule has 0 aliphatic rings. The summed E-state index contributed by atoms with van der Waals surface area (Å²) < 4.78 is 0. The quantitative estimate of drug-likeness (QED) is 0.500. The minimum atomic E-state index is 0.207. The van der Waals surface area contributed by atoms with Crippen LogP contribution < -0.4 is 11.5 Å². The van der Waals surface area contributed by atoms with E-state index in [0.717, 1.165) is 5.52 Å². The monoisotopic (exact) mass is 243 g/mol. The second-order valence-corrected chi connectivity index (χ2v) is 3.57. The maximum absolute atomic E-state index is 5.60. The standard InChI is InChI=1S/C9H9N9/c10-8-7(9(11)17-16-8)15-12-4-1-2-5-6(3-4)14-18-13-5/h1-3H,(H,13,14,18)(H5,10,11,16,17). The van der Waals surface area contributed by atoms with Crippen LogP contribution in [0.2, 0.25) is 0 Å². The van der Waals surface area contributed by atoms with E-state index in [1.54, 1.807) is 18.2 Å². The molecule has 0 bridgehead atoms. The molecule has 3 rings (SSSR count). The van der Waals surface area contributed by atoms with Crippen LogP contribution >= 0.6 is 0 Å². The molecule has 9 heteroatoms. The Kier molecular flexibility index (Phi) is 2.15. The average molecular weight is 243 g/mol. The predicted octanol–water partition coefficient (Wildman–Crippen LogP) is 1.26. The van der Waals surface area contributed by atoms with E-state index in [1.807, 2.05) is 0 Å². The summed E-state index contributed by atoms with van der Waals surface area (Å²) in [4.78, 5) is 0. The van der Waals surface area contributed by atoms with Gasteiger partial charge in [-0.25, -0.2) is 0 Å². The highest BCUT2D eigenvalue weighted by molar-refractivity contribution is 5.77. The van der Waals surface area contributed by atoms with Crippen molar-refractivity contribution in [2.75, 3.05) is 11.5 Å². The summed E-state index contributed by atoms with van der Waals surface area (Å²) in [6.45, 7) is 0. The van der Waals surface area contributed by atoms with Crippen LogP contribution in [0.25, 0.3) is 11.0 Å². The van der Waals surface area contributed by atoms with E-state index < -0.39 is 0 Å². The third-order valence-corrected chi connectivity index (χ3v) is 2.36. The second-order valence-electron chi connectivity index (χ2n) is 3.57. The summed E-state index contributed by atoms with van der Waals surface area (Å²) in [5.41, 5.74) is 13.6. The summed E-state index contributed by atoms with van der Waals surface area (Å²) in [5, 5.41) is 24.6. The topological polar surface area (TPSA) is 147 Å². The molecule has 9 nitrogen and oxygen atoms in total. The fourth-order valence-electron chi connectivity index (χ4n) is 1.47. The molecule has 2 heterocycles. The first kappa shape index (κ1) is 10.2. The van der Waals surface area contributed by atoms with Crippen molar-refractivity contribution in [1.82, 2.24) is 25.6 Å². The van der Waals surface area contributed by atoms with Gasteiger partial charge in [0.2, 0.25) is 0 Å². The molecule has 6 N–H and O–H groups in total. The fourth-order valence-corrected chi connectivity index (χ4v) is 1.47. The number of anilines is 2. The molecule has 0 saturated heterocycles. The number of rotatable bonds is 2. The summed E-state index contributed by atoms with van der Waals surface area (Å²) in [7, 11) is 0. The molecule has 0 spiro atoms. The zero-order valence-electron chi connectivity index (χ0n) is 9.12. The van der Waals surface area contributed by atoms with Gasteiger partial charge in [-0.2, -0.15) is 25.6 Å². The first-order valence-electron chi connectivity index (χ1n) is 5.05. The Hall–Kier alpha value is -2.97. The molecule has 18 heavy (non-hydrogen) atoms. The zero-order chi connectivity index (χ0) is 12.5. The van der Waals surface area contributed by atoms with E-state index >= 15 is 0 Å². The number of fused-ring (bicyclic) bond motifs is 1. The van der Waals surface area contributed by atoms with Gasteiger partial charge < -0.3 is 11.5 Å². The van der Waals surface area contributed by atoms with Crippen molar-refractivity contribution < 1.29 is 0 Å². The number of H-pyrrole nitrogens is 2. The number of hydrogen-bond donors (Lipinski definition) is 4. The third kappa shape index (κ3) is 1.63. The number of azo groups is 1. The van der Waals surface area contributed by atoms with Gasteiger partial charge in [0, 0.05) is 0 Å². The molecule has 0 atom stereocenters. The summed E-state index contributed by atoms with van der Waals surface area (Å²) in [5.74, 6) is 0.484. The van der Waals surface area contributed by atoms with Gasteiger partial charge in [-0.15, -0.1) is 5.11 Å². The molecule has 0 aliphatic heterocycles. The van der Waals surface area contributed by atoms with Crippen LogP contribution in [0.15, 0.2) is 28.4 Å². The molecule has 1 aromatic carbocycles. The number of aromatic amines is 2. The zero-order valence-corrected chi connectivity index (χ0v) is 9.12. The van der Waals surface area contributed by atoms with Crippen LogP contribution in [-0.4, -0.2) is 25.6 Å². The first-order chi connectivity index (χ1) is 8.74. The molecule has 0 fully saturated rings. The molecule has 2 aromatic heterocycles. The lowest BCUT2D eigenvalue weighted by Gasteiger charge is -1.92. The van der Waals surface area contributed by atoms with Gasteiger partial charge in [-0.1, -0.05) is 0 Å². The molecule has 0 amide bonds. The number of aromatic nitrogens is 5. The second kappa shape index (κ2) is 3.80. The van der Waals surface area contributed by atoms with Crippen molar-refractivity contribution in [1.29, 1.82) is 0 Å². The van der Waals surface area contributed by atoms with Gasteiger partial charge in [0.05, 0.1) is 5.69 Å². The predicted molar refractivity (Wildman–Crippen MR) is 65.5 cm³/mol. The molecule has 3 aromatic rings. The van der Waals surface area contributed by atoms with Crippen molar-refractivity contribution in [2.24, 2.45) is 10.2 Å². The molecule has 0 aliphatic carbocycles. The van der Waals surface area contributed by atoms with E-state index in [2.05, 4.69) is 35.8 Å². The lowest BCUT2D eigenvalue weighted by atomic mass is 10.3. The molecular formula is C9H9N9. The van der Waals surface area contributed by atoms with Crippen LogP contribution in [0.1, 0.15) is 0 Å². The minimum Gasteiger partial charge on any atom is -0.382 e. The number of nitrogens with one attached hydrogen (secondary N) is 2. The van der Waals surface area contributed by atoms with Gasteiger partial charge in [0.1, 0.15) is 16.9 Å². The Balaban J connectivity index is 1.96. The third-order valence-electron chi connectivity index (χ3n) is 2.36. The van der Waals surface area contributed by atoms with Crippen molar-refractivity contribution in [3.8, 4) is 0 Å². The van der Waals surface area contributed by atoms with Crippen molar-refractivity contribution in [2.45, 2.75) is 0 Å². The smallest absolute Gasteiger partial charge is 0.175 e. The van der Waals surface area contributed by atoms with Crippen molar-refractivity contribution in [3.05, 3.63) is 18.2 Å². The van der Waals surface area contributed by atoms with Crippen LogP contribution in [0.5, 0.6) is 0 Å². The molecule has 0 radical (unpaired) electrons. The number of nitrogen functional groups attached to an aromatic ring is 2. The number of benzene rings is 1. The number of hydrogen-bond acceptors (Lipinski definition) is 7. The van der Waals surface area contributed by atoms with Gasteiger partial charge in [-0.05, 0) is 18.2 Å². The first-order valence-corrected chi connectivity index (χ1v) is 5.05. The van der Waals surface area contributed by atoms with Gasteiger partial charge in [-0.3, -0.25) is 5.10 Å². The summed E-state index contributed by atoms with van der Waals surface area (Å²) in [6, 6.07) is 5.30. The van der Waals surface area contributed by atoms with E-state index in [-0.39, 0.29) is 11.6 Å². The van der Waals surface area contributed by atoms with Crippen LogP contribution in [0.3, 0.4) is 0 Å². The van der Waals surface area contributed by atoms with Gasteiger partial charge >= 0.3 is 0 Å². The Morgan fingerprint density at radius 1 is 1.00 bits per heavy atom. The Bertz CT molecular complexity index is 703. The van der Waals surface area contributed by atoms with Crippen molar-refractivity contribution >= 4 is 34.0 Å². The largest absolute Gasteiger partial charge is 0.382 e. The SMILES string of the molecule is Nc1n[nH]c(N)c1N=Nc1ccc2n[nH]nc2c1. The maximum Gasteiger partial charge on any atom is 0.175 e. The minimum absolute atomic E-state index is 0.207. The van der Waals surface area contributed by atoms with Crippen LogP contribution in [0, 0.1) is 0 Å². The van der Waals surface area contributed by atoms with Crippen molar-refractivity contribution in [3.63, 3.8) is 0 Å². The van der Waals surface area contributed by atoms with E-state index in [4.69, 9.17) is 11.5 Å². The summed E-state index contributed by atoms with van der Waals surface area (Å²) >= 11 is 0. The lowest BCUT2D eigenvalue weighted by molar-refractivity contribution is 0.959. The van der Waals surface area contributed by atoms with E-state index in [1.165, 1.54) is 0 Å². The highest BCUT2D eigenvalue weighted by Gasteiger charge is 2.06. The normalized spacial score (nSPS) is 11.6. The fraction of sp³-hybridized carbons (Fsp3) is 0. The van der Waals surface area contributed by atoms with E-state index in [9.17, 15) is 0 Å². The summed E-state index contributed by atoms with van der Waals surface area (Å²) in [6.07, 6.45) is 0. The van der Waals surface area contributed by atoms with Gasteiger partial charge in [0.25, 0.3) is 0 Å². The maximum atomic E-state index is 5.60. The van der Waals surface area contributed by atoms with E-state index in [0.29, 0.717) is 16.9 Å². The Morgan fingerprint density at radius 3 is 2.61 bits per heavy atom. The molecule has 0 unspecified atom stereocenters. The Morgan fingerprint density at radius 2 is 1.83 bits per heavy atom.